The quantitative estimate of drug-likeness (QED) is 0.563. The van der Waals surface area contributed by atoms with Gasteiger partial charge in [-0.05, 0) is 56.9 Å². The minimum atomic E-state index is -0.722. The Bertz CT molecular complexity index is 1140. The number of nitrogens with zero attached hydrogens (tertiary/aromatic N) is 2. The van der Waals surface area contributed by atoms with Crippen LogP contribution in [0, 0.1) is 11.8 Å². The van der Waals surface area contributed by atoms with Crippen LogP contribution in [0.25, 0.3) is 0 Å². The number of aromatic nitrogens is 2. The number of hydrogen-bond donors (Lipinski definition) is 3. The first kappa shape index (κ1) is 26.7. The highest BCUT2D eigenvalue weighted by molar-refractivity contribution is 6.07. The molecule has 2 amide bonds. The summed E-state index contributed by atoms with van der Waals surface area (Å²) in [6, 6.07) is 6.21. The summed E-state index contributed by atoms with van der Waals surface area (Å²) in [7, 11) is 0. The predicted octanol–water partition coefficient (Wildman–Crippen LogP) is 3.42. The molecule has 0 fully saturated rings. The zero-order chi connectivity index (χ0) is 25.8. The molecule has 0 radical (unpaired) electrons. The van der Waals surface area contributed by atoms with Crippen molar-refractivity contribution in [3.63, 3.8) is 0 Å². The van der Waals surface area contributed by atoms with E-state index in [9.17, 15) is 19.2 Å². The molecule has 0 unspecified atom stereocenters. The molecule has 1 aromatic carbocycles. The van der Waals surface area contributed by atoms with Crippen LogP contribution in [0.1, 0.15) is 58.8 Å². The zero-order valence-electron chi connectivity index (χ0n) is 20.9. The molecule has 0 atom stereocenters. The molecule has 1 heterocycles. The predicted molar refractivity (Wildman–Crippen MR) is 133 cm³/mol. The van der Waals surface area contributed by atoms with Gasteiger partial charge < -0.3 is 15.4 Å². The summed E-state index contributed by atoms with van der Waals surface area (Å²) in [5, 5.41) is 2.61. The number of nitrogens with one attached hydrogen (secondary N) is 2. The molecule has 0 bridgehead atoms. The lowest BCUT2D eigenvalue weighted by molar-refractivity contribution is 0.0636. The molecule has 34 heavy (non-hydrogen) atoms. The van der Waals surface area contributed by atoms with Crippen LogP contribution in [-0.4, -0.2) is 33.7 Å². The number of carbonyl (C=O) groups excluding carboxylic acids is 2. The van der Waals surface area contributed by atoms with Gasteiger partial charge in [0.05, 0.1) is 0 Å². The van der Waals surface area contributed by atoms with Crippen molar-refractivity contribution in [1.29, 1.82) is 0 Å². The zero-order valence-corrected chi connectivity index (χ0v) is 20.9. The van der Waals surface area contributed by atoms with E-state index < -0.39 is 28.9 Å². The normalized spacial score (nSPS) is 11.6. The molecule has 0 aliphatic heterocycles. The van der Waals surface area contributed by atoms with Crippen LogP contribution in [0.15, 0.2) is 33.9 Å². The van der Waals surface area contributed by atoms with Crippen LogP contribution in [0.5, 0.6) is 0 Å². The summed E-state index contributed by atoms with van der Waals surface area (Å²) < 4.78 is 6.50. The molecule has 10 heteroatoms. The van der Waals surface area contributed by atoms with Gasteiger partial charge in [-0.2, -0.15) is 0 Å². The minimum absolute atomic E-state index is 0.0151. The van der Waals surface area contributed by atoms with E-state index in [1.807, 2.05) is 27.7 Å². The molecule has 4 N–H and O–H groups in total. The first-order valence-corrected chi connectivity index (χ1v) is 11.2. The van der Waals surface area contributed by atoms with Gasteiger partial charge in [0.25, 0.3) is 11.5 Å². The smallest absolute Gasteiger partial charge is 0.412 e. The standard InChI is InChI=1S/C24H35N5O5/c1-14(2)12-28(18-19(25)29(13-15(3)4)22(32)27-20(18)30)21(31)16-8-10-17(11-9-16)26-23(33)34-24(5,6)7/h8-11,14-15H,12-13,25H2,1-7H3,(H,26,33)(H,27,30,32). The van der Waals surface area contributed by atoms with E-state index in [1.165, 1.54) is 21.6 Å². The lowest BCUT2D eigenvalue weighted by atomic mass is 10.1. The Balaban J connectivity index is 2.42. The fourth-order valence-corrected chi connectivity index (χ4v) is 3.30. The topological polar surface area (TPSA) is 140 Å². The number of ether oxygens (including phenoxy) is 1. The van der Waals surface area contributed by atoms with E-state index in [-0.39, 0.29) is 35.4 Å². The van der Waals surface area contributed by atoms with E-state index >= 15 is 0 Å². The lowest BCUT2D eigenvalue weighted by Gasteiger charge is -2.26. The molecule has 2 rings (SSSR count). The molecule has 186 valence electrons. The number of nitrogen functional groups attached to an aromatic ring is 1. The van der Waals surface area contributed by atoms with Crippen molar-refractivity contribution >= 4 is 29.2 Å². The van der Waals surface area contributed by atoms with Crippen LogP contribution in [0.3, 0.4) is 0 Å². The van der Waals surface area contributed by atoms with Gasteiger partial charge >= 0.3 is 11.8 Å². The van der Waals surface area contributed by atoms with E-state index in [4.69, 9.17) is 10.5 Å². The van der Waals surface area contributed by atoms with Crippen molar-refractivity contribution in [3.05, 3.63) is 50.7 Å². The van der Waals surface area contributed by atoms with Crippen LogP contribution in [0.4, 0.5) is 22.0 Å². The molecule has 0 aliphatic rings. The largest absolute Gasteiger partial charge is 0.444 e. The van der Waals surface area contributed by atoms with E-state index in [0.29, 0.717) is 12.2 Å². The molecular weight excluding hydrogens is 438 g/mol. The summed E-state index contributed by atoms with van der Waals surface area (Å²) in [5.74, 6) is -0.400. The number of anilines is 3. The fraction of sp³-hybridized carbons (Fsp3) is 0.500. The molecule has 0 aliphatic carbocycles. The summed E-state index contributed by atoms with van der Waals surface area (Å²) >= 11 is 0. The Kier molecular flexibility index (Phi) is 8.31. The SMILES string of the molecule is CC(C)CN(C(=O)c1ccc(NC(=O)OC(C)(C)C)cc1)c1c(N)n(CC(C)C)c(=O)[nH]c1=O. The third-order valence-corrected chi connectivity index (χ3v) is 4.60. The number of rotatable bonds is 7. The van der Waals surface area contributed by atoms with Gasteiger partial charge in [0.2, 0.25) is 0 Å². The van der Waals surface area contributed by atoms with Gasteiger partial charge in [-0.3, -0.25) is 24.5 Å². The van der Waals surface area contributed by atoms with Crippen LogP contribution < -0.4 is 27.2 Å². The Morgan fingerprint density at radius 2 is 1.68 bits per heavy atom. The molecule has 0 saturated heterocycles. The highest BCUT2D eigenvalue weighted by Crippen LogP contribution is 2.22. The molecule has 0 spiro atoms. The molecule has 10 nitrogen and oxygen atoms in total. The number of hydrogen-bond acceptors (Lipinski definition) is 6. The maximum atomic E-state index is 13.4. The van der Waals surface area contributed by atoms with Gasteiger partial charge in [-0.15, -0.1) is 0 Å². The van der Waals surface area contributed by atoms with Crippen molar-refractivity contribution in [1.82, 2.24) is 9.55 Å². The average Bonchev–Trinajstić information content (AvgIpc) is 2.68. The third-order valence-electron chi connectivity index (χ3n) is 4.60. The molecule has 0 saturated carbocycles. The highest BCUT2D eigenvalue weighted by atomic mass is 16.6. The van der Waals surface area contributed by atoms with Gasteiger partial charge in [0, 0.05) is 24.3 Å². The minimum Gasteiger partial charge on any atom is -0.444 e. The number of nitrogens with two attached hydrogens (primary N) is 1. The second-order valence-electron chi connectivity index (χ2n) is 10.0. The molecule has 2 aromatic rings. The molecular formula is C24H35N5O5. The number of amides is 2. The molecule has 1 aromatic heterocycles. The fourth-order valence-electron chi connectivity index (χ4n) is 3.30. The maximum absolute atomic E-state index is 13.4. The van der Waals surface area contributed by atoms with Crippen LogP contribution in [0.2, 0.25) is 0 Å². The van der Waals surface area contributed by atoms with Crippen molar-refractivity contribution in [2.45, 2.75) is 60.6 Å². The van der Waals surface area contributed by atoms with Gasteiger partial charge in [0.1, 0.15) is 11.4 Å². The van der Waals surface area contributed by atoms with Crippen molar-refractivity contribution in [3.8, 4) is 0 Å². The van der Waals surface area contributed by atoms with Crippen molar-refractivity contribution < 1.29 is 14.3 Å². The maximum Gasteiger partial charge on any atom is 0.412 e. The summed E-state index contributed by atoms with van der Waals surface area (Å²) in [6.45, 7) is 13.4. The van der Waals surface area contributed by atoms with Crippen LogP contribution in [-0.2, 0) is 11.3 Å². The van der Waals surface area contributed by atoms with Gasteiger partial charge in [-0.1, -0.05) is 27.7 Å². The Labute approximate surface area is 199 Å². The number of aromatic amines is 1. The number of benzene rings is 1. The second kappa shape index (κ2) is 10.6. The second-order valence-corrected chi connectivity index (χ2v) is 10.0. The van der Waals surface area contributed by atoms with Gasteiger partial charge in [0.15, 0.2) is 5.69 Å². The monoisotopic (exact) mass is 473 g/mol. The average molecular weight is 474 g/mol. The van der Waals surface area contributed by atoms with Crippen molar-refractivity contribution in [2.75, 3.05) is 22.5 Å². The van der Waals surface area contributed by atoms with E-state index in [0.717, 1.165) is 0 Å². The van der Waals surface area contributed by atoms with E-state index in [1.54, 1.807) is 32.9 Å². The highest BCUT2D eigenvalue weighted by Gasteiger charge is 2.26. The Morgan fingerprint density at radius 1 is 1.09 bits per heavy atom. The first-order valence-electron chi connectivity index (χ1n) is 11.2. The van der Waals surface area contributed by atoms with Crippen molar-refractivity contribution in [2.24, 2.45) is 11.8 Å². The third kappa shape index (κ3) is 6.97. The Hall–Kier alpha value is -3.56. The number of H-pyrrole nitrogens is 1. The van der Waals surface area contributed by atoms with E-state index in [2.05, 4.69) is 10.3 Å². The lowest BCUT2D eigenvalue weighted by Crippen LogP contribution is -2.43. The summed E-state index contributed by atoms with van der Waals surface area (Å²) in [6.07, 6.45) is -0.611. The van der Waals surface area contributed by atoms with Crippen LogP contribution >= 0.6 is 0 Å². The van der Waals surface area contributed by atoms with Gasteiger partial charge in [-0.25, -0.2) is 9.59 Å². The summed E-state index contributed by atoms with van der Waals surface area (Å²) in [5.41, 5.74) is 4.94. The number of carbonyl (C=O) groups is 2. The summed E-state index contributed by atoms with van der Waals surface area (Å²) in [4.78, 5) is 54.1. The Morgan fingerprint density at radius 3 is 2.18 bits per heavy atom. The first-order chi connectivity index (χ1) is 15.7.